The summed E-state index contributed by atoms with van der Waals surface area (Å²) in [4.78, 5) is 12.6. The Kier molecular flexibility index (Phi) is 7.65. The minimum Gasteiger partial charge on any atom is -0.490 e. The smallest absolute Gasteiger partial charge is 0.266 e. The lowest BCUT2D eigenvalue weighted by atomic mass is 10.1. The molecule has 0 unspecified atom stereocenters. The quantitative estimate of drug-likeness (QED) is 0.459. The van der Waals surface area contributed by atoms with Crippen molar-refractivity contribution in [2.45, 2.75) is 27.7 Å². The number of carbonyl (C=O) groups is 1. The van der Waals surface area contributed by atoms with E-state index in [2.05, 4.69) is 21.2 Å². The first-order chi connectivity index (χ1) is 13.4. The monoisotopic (exact) mass is 442 g/mol. The maximum atomic E-state index is 12.6. The maximum Gasteiger partial charge on any atom is 0.266 e. The van der Waals surface area contributed by atoms with Crippen LogP contribution in [0.2, 0.25) is 0 Å². The number of aryl methyl sites for hydroxylation is 2. The van der Waals surface area contributed by atoms with E-state index in [1.54, 1.807) is 12.1 Å². The van der Waals surface area contributed by atoms with Crippen LogP contribution in [-0.2, 0) is 4.79 Å². The predicted molar refractivity (Wildman–Crippen MR) is 115 cm³/mol. The van der Waals surface area contributed by atoms with Crippen LogP contribution in [0.3, 0.4) is 0 Å². The van der Waals surface area contributed by atoms with Crippen molar-refractivity contribution in [1.82, 2.24) is 0 Å². The Balaban J connectivity index is 2.35. The Morgan fingerprint density at radius 2 is 1.89 bits per heavy atom. The minimum absolute atomic E-state index is 0.00140. The van der Waals surface area contributed by atoms with Crippen molar-refractivity contribution in [3.63, 3.8) is 0 Å². The Hall–Kier alpha value is -2.78. The molecule has 146 valence electrons. The van der Waals surface area contributed by atoms with Gasteiger partial charge in [-0.05, 0) is 79.0 Å². The van der Waals surface area contributed by atoms with E-state index < -0.39 is 5.91 Å². The fraction of sp³-hybridized carbons (Fsp3) is 0.273. The third kappa shape index (κ3) is 5.37. The number of halogens is 1. The van der Waals surface area contributed by atoms with Gasteiger partial charge in [0.1, 0.15) is 11.6 Å². The van der Waals surface area contributed by atoms with Crippen molar-refractivity contribution in [2.75, 3.05) is 18.5 Å². The number of nitrogens with zero attached hydrogens (tertiary/aromatic N) is 1. The number of nitrogens with one attached hydrogen (secondary N) is 1. The van der Waals surface area contributed by atoms with Crippen molar-refractivity contribution in [3.05, 3.63) is 57.1 Å². The molecule has 2 aromatic carbocycles. The molecule has 0 spiro atoms. The van der Waals surface area contributed by atoms with Gasteiger partial charge < -0.3 is 14.8 Å². The molecular weight excluding hydrogens is 420 g/mol. The molecule has 0 aliphatic carbocycles. The molecule has 2 rings (SSSR count). The Morgan fingerprint density at radius 3 is 2.50 bits per heavy atom. The standard InChI is InChI=1S/C22H23BrN2O3/c1-5-27-20-12-16(11-18(23)21(20)28-6-2)10-17(13-24)22(26)25-19-8-7-14(3)9-15(19)4/h7-12H,5-6H2,1-4H3,(H,25,26). The molecule has 0 heterocycles. The van der Waals surface area contributed by atoms with Gasteiger partial charge in [-0.15, -0.1) is 0 Å². The van der Waals surface area contributed by atoms with Crippen molar-refractivity contribution < 1.29 is 14.3 Å². The molecule has 0 aliphatic heterocycles. The first kappa shape index (κ1) is 21.5. The molecule has 0 aliphatic rings. The third-order valence-corrected chi connectivity index (χ3v) is 4.52. The number of benzene rings is 2. The van der Waals surface area contributed by atoms with Crippen molar-refractivity contribution >= 4 is 33.6 Å². The van der Waals surface area contributed by atoms with E-state index in [0.29, 0.717) is 40.4 Å². The average molecular weight is 443 g/mol. The Bertz CT molecular complexity index is 946. The predicted octanol–water partition coefficient (Wildman–Crippen LogP) is 5.41. The van der Waals surface area contributed by atoms with E-state index >= 15 is 0 Å². The summed E-state index contributed by atoms with van der Waals surface area (Å²) < 4.78 is 12.0. The number of ether oxygens (including phenoxy) is 2. The topological polar surface area (TPSA) is 71.3 Å². The summed E-state index contributed by atoms with van der Waals surface area (Å²) in [5.41, 5.74) is 3.38. The van der Waals surface area contributed by atoms with Crippen LogP contribution in [0, 0.1) is 25.2 Å². The van der Waals surface area contributed by atoms with Crippen LogP contribution in [0.4, 0.5) is 5.69 Å². The summed E-state index contributed by atoms with van der Waals surface area (Å²) in [6, 6.07) is 11.2. The molecule has 2 aromatic rings. The summed E-state index contributed by atoms with van der Waals surface area (Å²) in [6.07, 6.45) is 1.53. The second-order valence-electron chi connectivity index (χ2n) is 6.14. The second kappa shape index (κ2) is 9.95. The lowest BCUT2D eigenvalue weighted by Crippen LogP contribution is -2.14. The lowest BCUT2D eigenvalue weighted by molar-refractivity contribution is -0.112. The number of amides is 1. The van der Waals surface area contributed by atoms with Gasteiger partial charge in [0.05, 0.1) is 17.7 Å². The van der Waals surface area contributed by atoms with Crippen LogP contribution in [0.1, 0.15) is 30.5 Å². The Morgan fingerprint density at radius 1 is 1.18 bits per heavy atom. The van der Waals surface area contributed by atoms with Crippen molar-refractivity contribution in [1.29, 1.82) is 5.26 Å². The summed E-state index contributed by atoms with van der Waals surface area (Å²) in [5, 5.41) is 12.3. The highest BCUT2D eigenvalue weighted by Crippen LogP contribution is 2.37. The normalized spacial score (nSPS) is 10.9. The molecule has 0 saturated heterocycles. The van der Waals surface area contributed by atoms with Crippen LogP contribution >= 0.6 is 15.9 Å². The average Bonchev–Trinajstić information content (AvgIpc) is 2.65. The van der Waals surface area contributed by atoms with Gasteiger partial charge in [-0.25, -0.2) is 0 Å². The van der Waals surface area contributed by atoms with Gasteiger partial charge in [0.15, 0.2) is 11.5 Å². The number of hydrogen-bond acceptors (Lipinski definition) is 4. The SMILES string of the molecule is CCOc1cc(C=C(C#N)C(=O)Nc2ccc(C)cc2C)cc(Br)c1OCC. The third-order valence-electron chi connectivity index (χ3n) is 3.93. The first-order valence-corrected chi connectivity index (χ1v) is 9.78. The van der Waals surface area contributed by atoms with Gasteiger partial charge in [-0.3, -0.25) is 4.79 Å². The molecule has 0 radical (unpaired) electrons. The highest BCUT2D eigenvalue weighted by Gasteiger charge is 2.14. The largest absolute Gasteiger partial charge is 0.490 e. The zero-order valence-electron chi connectivity index (χ0n) is 16.4. The molecular formula is C22H23BrN2O3. The lowest BCUT2D eigenvalue weighted by Gasteiger charge is -2.14. The van der Waals surface area contributed by atoms with E-state index in [4.69, 9.17) is 9.47 Å². The van der Waals surface area contributed by atoms with Crippen LogP contribution in [0.5, 0.6) is 11.5 Å². The molecule has 0 saturated carbocycles. The van der Waals surface area contributed by atoms with E-state index in [1.165, 1.54) is 6.08 Å². The van der Waals surface area contributed by atoms with Gasteiger partial charge in [-0.1, -0.05) is 17.7 Å². The molecule has 28 heavy (non-hydrogen) atoms. The fourth-order valence-corrected chi connectivity index (χ4v) is 3.25. The minimum atomic E-state index is -0.461. The van der Waals surface area contributed by atoms with Gasteiger partial charge in [0.2, 0.25) is 0 Å². The van der Waals surface area contributed by atoms with E-state index in [0.717, 1.165) is 11.1 Å². The molecule has 1 amide bonds. The van der Waals surface area contributed by atoms with Gasteiger partial charge in [-0.2, -0.15) is 5.26 Å². The molecule has 1 N–H and O–H groups in total. The van der Waals surface area contributed by atoms with Crippen LogP contribution in [-0.4, -0.2) is 19.1 Å². The number of carbonyl (C=O) groups excluding carboxylic acids is 1. The summed E-state index contributed by atoms with van der Waals surface area (Å²) >= 11 is 3.47. The Labute approximate surface area is 174 Å². The van der Waals surface area contributed by atoms with Crippen LogP contribution in [0.25, 0.3) is 6.08 Å². The van der Waals surface area contributed by atoms with Gasteiger partial charge in [0.25, 0.3) is 5.91 Å². The second-order valence-corrected chi connectivity index (χ2v) is 6.99. The van der Waals surface area contributed by atoms with Crippen molar-refractivity contribution in [3.8, 4) is 17.6 Å². The molecule has 6 heteroatoms. The summed E-state index contributed by atoms with van der Waals surface area (Å²) in [6.45, 7) is 8.63. The summed E-state index contributed by atoms with van der Waals surface area (Å²) in [7, 11) is 0. The number of hydrogen-bond donors (Lipinski definition) is 1. The molecule has 0 bridgehead atoms. The highest BCUT2D eigenvalue weighted by atomic mass is 79.9. The zero-order chi connectivity index (χ0) is 20.7. The van der Waals surface area contributed by atoms with Crippen molar-refractivity contribution in [2.24, 2.45) is 0 Å². The van der Waals surface area contributed by atoms with Gasteiger partial charge >= 0.3 is 0 Å². The van der Waals surface area contributed by atoms with E-state index in [-0.39, 0.29) is 5.57 Å². The van der Waals surface area contributed by atoms with Crippen LogP contribution < -0.4 is 14.8 Å². The van der Waals surface area contributed by atoms with Gasteiger partial charge in [0, 0.05) is 5.69 Å². The highest BCUT2D eigenvalue weighted by molar-refractivity contribution is 9.10. The molecule has 5 nitrogen and oxygen atoms in total. The number of rotatable bonds is 7. The van der Waals surface area contributed by atoms with E-state index in [1.807, 2.05) is 52.0 Å². The fourth-order valence-electron chi connectivity index (χ4n) is 2.68. The maximum absolute atomic E-state index is 12.6. The van der Waals surface area contributed by atoms with Crippen LogP contribution in [0.15, 0.2) is 40.4 Å². The first-order valence-electron chi connectivity index (χ1n) is 8.99. The number of nitriles is 1. The summed E-state index contributed by atoms with van der Waals surface area (Å²) in [5.74, 6) is 0.689. The molecule has 0 aromatic heterocycles. The van der Waals surface area contributed by atoms with E-state index in [9.17, 15) is 10.1 Å². The number of anilines is 1. The zero-order valence-corrected chi connectivity index (χ0v) is 18.0. The molecule has 0 fully saturated rings. The molecule has 0 atom stereocenters.